The van der Waals surface area contributed by atoms with Gasteiger partial charge in [0.05, 0.1) is 22.3 Å². The molecule has 1 fully saturated rings. The molecule has 4 aromatic rings. The second-order valence-corrected chi connectivity index (χ2v) is 9.55. The molecule has 0 radical (unpaired) electrons. The monoisotopic (exact) mass is 588 g/mol. The first kappa shape index (κ1) is 29.1. The number of H-pyrrole nitrogens is 1. The molecule has 12 heteroatoms. The molecule has 1 saturated heterocycles. The van der Waals surface area contributed by atoms with Gasteiger partial charge in [-0.05, 0) is 43.3 Å². The van der Waals surface area contributed by atoms with Gasteiger partial charge in [-0.3, -0.25) is 9.78 Å². The maximum absolute atomic E-state index is 14.2. The van der Waals surface area contributed by atoms with E-state index in [4.69, 9.17) is 18.9 Å². The van der Waals surface area contributed by atoms with Crippen molar-refractivity contribution < 1.29 is 37.7 Å². The Kier molecular flexibility index (Phi) is 8.58. The number of halogens is 1. The zero-order valence-corrected chi connectivity index (χ0v) is 22.7. The van der Waals surface area contributed by atoms with E-state index in [1.54, 1.807) is 54.6 Å². The zero-order valence-electron chi connectivity index (χ0n) is 22.7. The lowest BCUT2D eigenvalue weighted by Crippen LogP contribution is -2.46. The van der Waals surface area contributed by atoms with Crippen molar-refractivity contribution in [2.24, 2.45) is 0 Å². The van der Waals surface area contributed by atoms with Crippen molar-refractivity contribution in [3.05, 3.63) is 140 Å². The molecule has 11 nitrogen and oxygen atoms in total. The van der Waals surface area contributed by atoms with Gasteiger partial charge < -0.3 is 18.9 Å². The number of nitrogens with zero attached hydrogens (tertiary/aromatic N) is 1. The quantitative estimate of drug-likeness (QED) is 0.187. The van der Waals surface area contributed by atoms with Gasteiger partial charge in [0.15, 0.2) is 18.4 Å². The predicted octanol–water partition coefficient (Wildman–Crippen LogP) is 3.19. The molecule has 0 amide bonds. The molecule has 1 aliphatic rings. The fourth-order valence-electron chi connectivity index (χ4n) is 4.51. The van der Waals surface area contributed by atoms with E-state index in [9.17, 15) is 28.4 Å². The molecule has 0 spiro atoms. The zero-order chi connectivity index (χ0) is 30.5. The van der Waals surface area contributed by atoms with E-state index in [1.807, 2.05) is 4.98 Å². The van der Waals surface area contributed by atoms with Crippen molar-refractivity contribution in [2.45, 2.75) is 31.5 Å². The maximum atomic E-state index is 14.2. The molecule has 0 unspecified atom stereocenters. The molecule has 0 saturated carbocycles. The fraction of sp³-hybridized carbons (Fsp3) is 0.194. The van der Waals surface area contributed by atoms with Crippen LogP contribution in [0.1, 0.15) is 42.9 Å². The molecule has 5 rings (SSSR count). The Balaban J connectivity index is 1.55. The van der Waals surface area contributed by atoms with Crippen LogP contribution in [0.25, 0.3) is 0 Å². The molecule has 2 heterocycles. The minimum atomic E-state index is -1.70. The maximum Gasteiger partial charge on any atom is 0.338 e. The highest BCUT2D eigenvalue weighted by molar-refractivity contribution is 5.91. The average molecular weight is 589 g/mol. The van der Waals surface area contributed by atoms with Crippen LogP contribution in [-0.4, -0.2) is 52.4 Å². The standard InChI is InChI=1S/C31H25FN2O9/c1-18-25(32)33-31(39)34(26(18)35)27-24(43-30(38)21-15-9-4-10-16-21)23(42-29(37)20-13-7-3-8-14-20)22(41-27)17-40-28(36)19-11-5-2-6-12-19/h2-16,22-24,27H,17H2,1H3,(H,33,39)/t22-,23-,24-,27-/m1/s1. The van der Waals surface area contributed by atoms with Crippen LogP contribution in [0.15, 0.2) is 101 Å². The third-order valence-corrected chi connectivity index (χ3v) is 6.74. The van der Waals surface area contributed by atoms with Crippen LogP contribution in [-0.2, 0) is 18.9 Å². The molecule has 0 bridgehead atoms. The second-order valence-electron chi connectivity index (χ2n) is 9.55. The highest BCUT2D eigenvalue weighted by atomic mass is 19.1. The lowest BCUT2D eigenvalue weighted by Gasteiger charge is -2.25. The molecular weight excluding hydrogens is 563 g/mol. The summed E-state index contributed by atoms with van der Waals surface area (Å²) in [6.45, 7) is 0.624. The van der Waals surface area contributed by atoms with E-state index in [2.05, 4.69) is 0 Å². The normalized spacial score (nSPS) is 19.4. The van der Waals surface area contributed by atoms with E-state index in [0.717, 1.165) is 6.92 Å². The smallest absolute Gasteiger partial charge is 0.338 e. The molecule has 1 aromatic heterocycles. The van der Waals surface area contributed by atoms with Gasteiger partial charge in [-0.15, -0.1) is 0 Å². The summed E-state index contributed by atoms with van der Waals surface area (Å²) in [5.74, 6) is -3.61. The molecule has 220 valence electrons. The van der Waals surface area contributed by atoms with E-state index >= 15 is 0 Å². The summed E-state index contributed by atoms with van der Waals surface area (Å²) in [6, 6.07) is 23.7. The first-order chi connectivity index (χ1) is 20.7. The summed E-state index contributed by atoms with van der Waals surface area (Å²) >= 11 is 0. The Morgan fingerprint density at radius 3 is 1.74 bits per heavy atom. The van der Waals surface area contributed by atoms with Gasteiger partial charge in [0, 0.05) is 0 Å². The first-order valence-corrected chi connectivity index (χ1v) is 13.1. The van der Waals surface area contributed by atoms with Gasteiger partial charge in [0.2, 0.25) is 5.95 Å². The van der Waals surface area contributed by atoms with Gasteiger partial charge in [-0.25, -0.2) is 23.7 Å². The van der Waals surface area contributed by atoms with Gasteiger partial charge in [-0.1, -0.05) is 54.6 Å². The summed E-state index contributed by atoms with van der Waals surface area (Å²) < 4.78 is 37.6. The van der Waals surface area contributed by atoms with Crippen LogP contribution in [0, 0.1) is 12.9 Å². The Hall–Kier alpha value is -5.36. The number of benzene rings is 3. The van der Waals surface area contributed by atoms with Crippen molar-refractivity contribution in [2.75, 3.05) is 6.61 Å². The van der Waals surface area contributed by atoms with E-state index in [0.29, 0.717) is 4.57 Å². The Bertz CT molecular complexity index is 1740. The van der Waals surface area contributed by atoms with E-state index in [-0.39, 0.29) is 16.7 Å². The molecule has 1 aliphatic heterocycles. The second kappa shape index (κ2) is 12.7. The summed E-state index contributed by atoms with van der Waals surface area (Å²) in [6.07, 6.45) is -6.11. The van der Waals surface area contributed by atoms with Crippen LogP contribution in [0.5, 0.6) is 0 Å². The number of aromatic amines is 1. The van der Waals surface area contributed by atoms with Crippen LogP contribution in [0.3, 0.4) is 0 Å². The lowest BCUT2D eigenvalue weighted by molar-refractivity contribution is -0.0655. The number of carbonyl (C=O) groups excluding carboxylic acids is 3. The lowest BCUT2D eigenvalue weighted by atomic mass is 10.1. The van der Waals surface area contributed by atoms with Crippen molar-refractivity contribution in [1.82, 2.24) is 9.55 Å². The minimum absolute atomic E-state index is 0.116. The first-order valence-electron chi connectivity index (χ1n) is 13.1. The number of carbonyl (C=O) groups is 3. The predicted molar refractivity (Wildman–Crippen MR) is 148 cm³/mol. The fourth-order valence-corrected chi connectivity index (χ4v) is 4.51. The number of ether oxygens (including phenoxy) is 4. The van der Waals surface area contributed by atoms with Crippen molar-refractivity contribution in [3.8, 4) is 0 Å². The van der Waals surface area contributed by atoms with Gasteiger partial charge in [0.25, 0.3) is 5.56 Å². The van der Waals surface area contributed by atoms with Gasteiger partial charge in [-0.2, -0.15) is 4.39 Å². The third-order valence-electron chi connectivity index (χ3n) is 6.74. The number of esters is 3. The number of aromatic nitrogens is 2. The molecular formula is C31H25FN2O9. The van der Waals surface area contributed by atoms with Gasteiger partial charge >= 0.3 is 23.6 Å². The van der Waals surface area contributed by atoms with Crippen molar-refractivity contribution in [3.63, 3.8) is 0 Å². The van der Waals surface area contributed by atoms with Crippen LogP contribution in [0.2, 0.25) is 0 Å². The van der Waals surface area contributed by atoms with Crippen LogP contribution in [0.4, 0.5) is 4.39 Å². The summed E-state index contributed by atoms with van der Waals surface area (Å²) in [4.78, 5) is 67.0. The Labute approximate surface area is 243 Å². The Morgan fingerprint density at radius 2 is 1.23 bits per heavy atom. The van der Waals surface area contributed by atoms with Gasteiger partial charge in [0.1, 0.15) is 12.7 Å². The average Bonchev–Trinajstić information content (AvgIpc) is 3.35. The summed E-state index contributed by atoms with van der Waals surface area (Å²) in [5.41, 5.74) is -2.22. The number of nitrogens with one attached hydrogen (secondary N) is 1. The largest absolute Gasteiger partial charge is 0.459 e. The molecule has 1 N–H and O–H groups in total. The van der Waals surface area contributed by atoms with Crippen molar-refractivity contribution >= 4 is 17.9 Å². The van der Waals surface area contributed by atoms with Crippen LogP contribution >= 0.6 is 0 Å². The number of hydrogen-bond acceptors (Lipinski definition) is 9. The molecule has 43 heavy (non-hydrogen) atoms. The summed E-state index contributed by atoms with van der Waals surface area (Å²) in [5, 5.41) is 0. The molecule has 0 aliphatic carbocycles. The molecule has 3 aromatic carbocycles. The number of hydrogen-bond donors (Lipinski definition) is 1. The highest BCUT2D eigenvalue weighted by Crippen LogP contribution is 2.34. The van der Waals surface area contributed by atoms with Crippen LogP contribution < -0.4 is 11.2 Å². The SMILES string of the molecule is Cc1c(F)[nH]c(=O)n([C@@H]2O[C@H](COC(=O)c3ccccc3)[C@@H](OC(=O)c3ccccc3)[C@H]2OC(=O)c2ccccc2)c1=O. The minimum Gasteiger partial charge on any atom is -0.459 e. The summed E-state index contributed by atoms with van der Waals surface area (Å²) in [7, 11) is 0. The third kappa shape index (κ3) is 6.28. The van der Waals surface area contributed by atoms with Crippen molar-refractivity contribution in [1.29, 1.82) is 0 Å². The molecule has 4 atom stereocenters. The number of rotatable bonds is 8. The Morgan fingerprint density at radius 1 is 0.767 bits per heavy atom. The topological polar surface area (TPSA) is 143 Å². The van der Waals surface area contributed by atoms with E-state index in [1.165, 1.54) is 36.4 Å². The van der Waals surface area contributed by atoms with E-state index < -0.39 is 71.8 Å². The highest BCUT2D eigenvalue weighted by Gasteiger charge is 2.52.